The summed E-state index contributed by atoms with van der Waals surface area (Å²) in [6, 6.07) is 5.85. The number of hydrogen-bond donors (Lipinski definition) is 2. The predicted octanol–water partition coefficient (Wildman–Crippen LogP) is 1.89. The average molecular weight is 264 g/mol. The molecule has 7 nitrogen and oxygen atoms in total. The van der Waals surface area contributed by atoms with Crippen LogP contribution in [0, 0.1) is 10.1 Å². The number of nitrogens with zero attached hydrogens (tertiary/aromatic N) is 2. The number of thiophene rings is 1. The summed E-state index contributed by atoms with van der Waals surface area (Å²) in [4.78, 5) is 25.8. The van der Waals surface area contributed by atoms with Crippen LogP contribution < -0.4 is 11.1 Å². The second-order valence-electron chi connectivity index (χ2n) is 3.32. The lowest BCUT2D eigenvalue weighted by molar-refractivity contribution is -0.380. The molecule has 0 radical (unpaired) electrons. The number of rotatable bonds is 3. The van der Waals surface area contributed by atoms with Crippen LogP contribution in [0.5, 0.6) is 0 Å². The summed E-state index contributed by atoms with van der Waals surface area (Å²) in [5, 5.41) is 13.0. The molecule has 0 spiro atoms. The second-order valence-corrected chi connectivity index (χ2v) is 4.38. The summed E-state index contributed by atoms with van der Waals surface area (Å²) in [6.45, 7) is 0. The number of nitrogens with one attached hydrogen (secondary N) is 1. The van der Waals surface area contributed by atoms with Crippen molar-refractivity contribution in [2.24, 2.45) is 0 Å². The number of amides is 1. The summed E-state index contributed by atoms with van der Waals surface area (Å²) < 4.78 is 0. The highest BCUT2D eigenvalue weighted by Crippen LogP contribution is 2.24. The lowest BCUT2D eigenvalue weighted by atomic mass is 10.3. The van der Waals surface area contributed by atoms with E-state index >= 15 is 0 Å². The number of nitro groups is 1. The topological polar surface area (TPSA) is 111 Å². The first-order chi connectivity index (χ1) is 8.56. The Bertz CT molecular complexity index is 593. The van der Waals surface area contributed by atoms with Gasteiger partial charge in [0.25, 0.3) is 5.91 Å². The van der Waals surface area contributed by atoms with Gasteiger partial charge in [0.1, 0.15) is 5.82 Å². The minimum Gasteiger partial charge on any atom is -0.384 e. The van der Waals surface area contributed by atoms with E-state index in [1.807, 2.05) is 0 Å². The Labute approximate surface area is 105 Å². The molecular weight excluding hydrogens is 256 g/mol. The van der Waals surface area contributed by atoms with E-state index in [9.17, 15) is 14.9 Å². The van der Waals surface area contributed by atoms with Crippen LogP contribution in [0.25, 0.3) is 0 Å². The Morgan fingerprint density at radius 1 is 1.39 bits per heavy atom. The maximum Gasteiger partial charge on any atom is 0.324 e. The van der Waals surface area contributed by atoms with Gasteiger partial charge in [0.15, 0.2) is 0 Å². The fourth-order valence-electron chi connectivity index (χ4n) is 1.22. The van der Waals surface area contributed by atoms with Crippen molar-refractivity contribution >= 4 is 33.8 Å². The molecule has 0 aliphatic heterocycles. The smallest absolute Gasteiger partial charge is 0.324 e. The number of hydrogen-bond acceptors (Lipinski definition) is 6. The summed E-state index contributed by atoms with van der Waals surface area (Å²) in [5.74, 6) is -0.0700. The van der Waals surface area contributed by atoms with Crippen molar-refractivity contribution in [3.63, 3.8) is 0 Å². The van der Waals surface area contributed by atoms with Crippen LogP contribution in [0.4, 0.5) is 16.5 Å². The highest BCUT2D eigenvalue weighted by atomic mass is 32.1. The molecule has 92 valence electrons. The fraction of sp³-hybridized carbons (Fsp3) is 0. The summed E-state index contributed by atoms with van der Waals surface area (Å²) in [6.07, 6.45) is 1.41. The Kier molecular flexibility index (Phi) is 3.20. The number of anilines is 2. The zero-order valence-electron chi connectivity index (χ0n) is 8.99. The molecule has 1 amide bonds. The van der Waals surface area contributed by atoms with Crippen molar-refractivity contribution < 1.29 is 9.72 Å². The van der Waals surface area contributed by atoms with Crippen molar-refractivity contribution in [3.8, 4) is 0 Å². The molecule has 0 aromatic carbocycles. The standard InChI is InChI=1S/C10H8N4O3S/c11-8-3-1-6(5-12-8)13-10(15)7-2-4-9(18-7)14(16)17/h1-5H,(H2,11,12)(H,13,15). The Hall–Kier alpha value is -2.48. The van der Waals surface area contributed by atoms with E-state index < -0.39 is 10.8 Å². The average Bonchev–Trinajstić information content (AvgIpc) is 2.81. The van der Waals surface area contributed by atoms with Crippen LogP contribution in [0.2, 0.25) is 0 Å². The minimum absolute atomic E-state index is 0.0735. The van der Waals surface area contributed by atoms with Gasteiger partial charge in [-0.15, -0.1) is 0 Å². The van der Waals surface area contributed by atoms with Gasteiger partial charge in [-0.3, -0.25) is 14.9 Å². The SMILES string of the molecule is Nc1ccc(NC(=O)c2ccc([N+](=O)[O-])s2)cn1. The maximum atomic E-state index is 11.8. The quantitative estimate of drug-likeness (QED) is 0.649. The number of nitrogen functional groups attached to an aromatic ring is 1. The highest BCUT2D eigenvalue weighted by molar-refractivity contribution is 7.17. The molecule has 3 N–H and O–H groups in total. The van der Waals surface area contributed by atoms with Gasteiger partial charge < -0.3 is 11.1 Å². The van der Waals surface area contributed by atoms with Crippen molar-refractivity contribution in [1.29, 1.82) is 0 Å². The molecule has 0 atom stereocenters. The first kappa shape index (κ1) is 12.0. The molecule has 0 saturated carbocycles. The van der Waals surface area contributed by atoms with E-state index in [1.54, 1.807) is 12.1 Å². The molecule has 0 fully saturated rings. The van der Waals surface area contributed by atoms with Crippen molar-refractivity contribution in [3.05, 3.63) is 45.5 Å². The third kappa shape index (κ3) is 2.61. The third-order valence-corrected chi connectivity index (χ3v) is 3.08. The third-order valence-electron chi connectivity index (χ3n) is 2.04. The van der Waals surface area contributed by atoms with Crippen LogP contribution in [0.15, 0.2) is 30.5 Å². The van der Waals surface area contributed by atoms with Gasteiger partial charge in [-0.25, -0.2) is 4.98 Å². The second kappa shape index (κ2) is 4.80. The van der Waals surface area contributed by atoms with E-state index in [4.69, 9.17) is 5.73 Å². The van der Waals surface area contributed by atoms with Crippen LogP contribution in [0.1, 0.15) is 9.67 Å². The number of nitrogens with two attached hydrogens (primary N) is 1. The molecule has 0 unspecified atom stereocenters. The van der Waals surface area contributed by atoms with Gasteiger partial charge in [0, 0.05) is 6.07 Å². The van der Waals surface area contributed by atoms with Crippen molar-refractivity contribution in [2.75, 3.05) is 11.1 Å². The van der Waals surface area contributed by atoms with Gasteiger partial charge in [0.05, 0.1) is 21.7 Å². The molecule has 18 heavy (non-hydrogen) atoms. The monoisotopic (exact) mass is 264 g/mol. The summed E-state index contributed by atoms with van der Waals surface area (Å²) in [5.41, 5.74) is 5.89. The van der Waals surface area contributed by atoms with Gasteiger partial charge in [-0.2, -0.15) is 0 Å². The Morgan fingerprint density at radius 3 is 2.72 bits per heavy atom. The van der Waals surface area contributed by atoms with Gasteiger partial charge in [0.2, 0.25) is 0 Å². The molecule has 0 saturated heterocycles. The van der Waals surface area contributed by atoms with Crippen LogP contribution in [0.3, 0.4) is 0 Å². The maximum absolute atomic E-state index is 11.8. The van der Waals surface area contributed by atoms with Gasteiger partial charge in [-0.1, -0.05) is 11.3 Å². The van der Waals surface area contributed by atoms with Crippen molar-refractivity contribution in [2.45, 2.75) is 0 Å². The number of aromatic nitrogens is 1. The Morgan fingerprint density at radius 2 is 2.17 bits per heavy atom. The van der Waals surface area contributed by atoms with E-state index in [2.05, 4.69) is 10.3 Å². The molecule has 2 heterocycles. The molecule has 0 aliphatic carbocycles. The van der Waals surface area contributed by atoms with E-state index in [0.717, 1.165) is 11.3 Å². The molecule has 0 aliphatic rings. The first-order valence-corrected chi connectivity index (χ1v) is 5.65. The normalized spacial score (nSPS) is 10.0. The van der Waals surface area contributed by atoms with Crippen molar-refractivity contribution in [1.82, 2.24) is 4.98 Å². The molecule has 2 aromatic rings. The molecular formula is C10H8N4O3S. The predicted molar refractivity (Wildman–Crippen MR) is 67.6 cm³/mol. The number of pyridine rings is 1. The van der Waals surface area contributed by atoms with Gasteiger partial charge >= 0.3 is 5.00 Å². The summed E-state index contributed by atoms with van der Waals surface area (Å²) >= 11 is 0.815. The van der Waals surface area contributed by atoms with E-state index in [0.29, 0.717) is 11.5 Å². The fourth-order valence-corrected chi connectivity index (χ4v) is 1.94. The molecule has 2 rings (SSSR count). The lowest BCUT2D eigenvalue weighted by Gasteiger charge is -2.02. The molecule has 8 heteroatoms. The van der Waals surface area contributed by atoms with Crippen LogP contribution in [-0.4, -0.2) is 15.8 Å². The molecule has 0 bridgehead atoms. The zero-order chi connectivity index (χ0) is 13.1. The molecule has 2 aromatic heterocycles. The summed E-state index contributed by atoms with van der Waals surface area (Å²) in [7, 11) is 0. The zero-order valence-corrected chi connectivity index (χ0v) is 9.81. The largest absolute Gasteiger partial charge is 0.384 e. The van der Waals surface area contributed by atoms with Crippen LogP contribution in [-0.2, 0) is 0 Å². The minimum atomic E-state index is -0.535. The lowest BCUT2D eigenvalue weighted by Crippen LogP contribution is -2.10. The Balaban J connectivity index is 2.11. The van der Waals surface area contributed by atoms with E-state index in [1.165, 1.54) is 18.3 Å². The number of carbonyl (C=O) groups is 1. The number of carbonyl (C=O) groups excluding carboxylic acids is 1. The first-order valence-electron chi connectivity index (χ1n) is 4.83. The highest BCUT2D eigenvalue weighted by Gasteiger charge is 2.15. The van der Waals surface area contributed by atoms with E-state index in [-0.39, 0.29) is 9.88 Å². The van der Waals surface area contributed by atoms with Gasteiger partial charge in [-0.05, 0) is 18.2 Å². The van der Waals surface area contributed by atoms with Crippen LogP contribution >= 0.6 is 11.3 Å².